The maximum absolute atomic E-state index is 13.8. The van der Waals surface area contributed by atoms with Gasteiger partial charge in [-0.25, -0.2) is 8.78 Å². The predicted molar refractivity (Wildman–Crippen MR) is 69.3 cm³/mol. The van der Waals surface area contributed by atoms with Gasteiger partial charge in [-0.05, 0) is 12.1 Å². The van der Waals surface area contributed by atoms with Crippen molar-refractivity contribution in [3.05, 3.63) is 35.6 Å². The molecule has 1 aromatic carbocycles. The number of nitrogens with zero attached hydrogens (tertiary/aromatic N) is 1. The number of hydrogen-bond donors (Lipinski definition) is 1. The van der Waals surface area contributed by atoms with E-state index in [9.17, 15) is 13.6 Å². The first-order valence-corrected chi connectivity index (χ1v) is 6.43. The van der Waals surface area contributed by atoms with Crippen LogP contribution < -0.4 is 5.32 Å². The van der Waals surface area contributed by atoms with Gasteiger partial charge >= 0.3 is 0 Å². The van der Waals surface area contributed by atoms with E-state index < -0.39 is 17.9 Å². The molecule has 1 aromatic rings. The van der Waals surface area contributed by atoms with Gasteiger partial charge in [0.2, 0.25) is 0 Å². The van der Waals surface area contributed by atoms with E-state index in [-0.39, 0.29) is 30.7 Å². The van der Waals surface area contributed by atoms with E-state index in [0.717, 1.165) is 0 Å². The highest BCUT2D eigenvalue weighted by atomic mass is 19.1. The molecule has 0 radical (unpaired) electrons. The van der Waals surface area contributed by atoms with Crippen LogP contribution in [0.2, 0.25) is 0 Å². The lowest BCUT2D eigenvalue weighted by Crippen LogP contribution is -2.41. The average Bonchev–Trinajstić information content (AvgIpc) is 2.70. The molecule has 1 heterocycles. The SMILES string of the molecule is CC(C)N[C@@H]1CN(C(=O)c2ccccc2F)C[C@@H]1F. The summed E-state index contributed by atoms with van der Waals surface area (Å²) in [7, 11) is 0. The second kappa shape index (κ2) is 5.65. The third kappa shape index (κ3) is 3.10. The zero-order chi connectivity index (χ0) is 14.0. The van der Waals surface area contributed by atoms with E-state index in [4.69, 9.17) is 0 Å². The number of carbonyl (C=O) groups excluding carboxylic acids is 1. The lowest BCUT2D eigenvalue weighted by Gasteiger charge is -2.18. The van der Waals surface area contributed by atoms with Crippen molar-refractivity contribution in [2.45, 2.75) is 32.1 Å². The van der Waals surface area contributed by atoms with Crippen LogP contribution in [-0.4, -0.2) is 42.2 Å². The highest BCUT2D eigenvalue weighted by Gasteiger charge is 2.36. The molecule has 0 aliphatic carbocycles. The van der Waals surface area contributed by atoms with Gasteiger partial charge < -0.3 is 10.2 Å². The second-order valence-electron chi connectivity index (χ2n) is 5.13. The summed E-state index contributed by atoms with van der Waals surface area (Å²) >= 11 is 0. The Morgan fingerprint density at radius 1 is 1.37 bits per heavy atom. The number of carbonyl (C=O) groups is 1. The molecule has 3 nitrogen and oxygen atoms in total. The third-order valence-corrected chi connectivity index (χ3v) is 3.19. The lowest BCUT2D eigenvalue weighted by atomic mass is 10.2. The van der Waals surface area contributed by atoms with E-state index in [2.05, 4.69) is 5.32 Å². The summed E-state index contributed by atoms with van der Waals surface area (Å²) in [5.74, 6) is -1.02. The van der Waals surface area contributed by atoms with Crippen molar-refractivity contribution in [3.8, 4) is 0 Å². The molecule has 0 aromatic heterocycles. The van der Waals surface area contributed by atoms with Crippen LogP contribution in [0.3, 0.4) is 0 Å². The first-order valence-electron chi connectivity index (χ1n) is 6.43. The van der Waals surface area contributed by atoms with Crippen LogP contribution >= 0.6 is 0 Å². The molecule has 0 saturated carbocycles. The first-order chi connectivity index (χ1) is 8.99. The minimum Gasteiger partial charge on any atom is -0.334 e. The molecule has 1 N–H and O–H groups in total. The smallest absolute Gasteiger partial charge is 0.256 e. The number of benzene rings is 1. The number of nitrogens with one attached hydrogen (secondary N) is 1. The molecule has 1 fully saturated rings. The summed E-state index contributed by atoms with van der Waals surface area (Å²) in [5, 5.41) is 3.08. The van der Waals surface area contributed by atoms with Crippen LogP contribution in [0, 0.1) is 5.82 Å². The summed E-state index contributed by atoms with van der Waals surface area (Å²) in [6.45, 7) is 4.13. The Hall–Kier alpha value is -1.49. The average molecular weight is 268 g/mol. The third-order valence-electron chi connectivity index (χ3n) is 3.19. The predicted octanol–water partition coefficient (Wildman–Crippen LogP) is 1.99. The van der Waals surface area contributed by atoms with Gasteiger partial charge in [0.25, 0.3) is 5.91 Å². The van der Waals surface area contributed by atoms with Gasteiger partial charge in [-0.2, -0.15) is 0 Å². The van der Waals surface area contributed by atoms with Gasteiger partial charge in [0.05, 0.1) is 18.2 Å². The van der Waals surface area contributed by atoms with Crippen LogP contribution in [0.5, 0.6) is 0 Å². The minimum absolute atomic E-state index is 0.0000954. The molecule has 104 valence electrons. The van der Waals surface area contributed by atoms with Gasteiger partial charge in [0, 0.05) is 12.6 Å². The van der Waals surface area contributed by atoms with Crippen molar-refractivity contribution in [3.63, 3.8) is 0 Å². The Labute approximate surface area is 111 Å². The quantitative estimate of drug-likeness (QED) is 0.909. The summed E-state index contributed by atoms with van der Waals surface area (Å²) in [4.78, 5) is 13.5. The lowest BCUT2D eigenvalue weighted by molar-refractivity contribution is 0.0777. The molecule has 19 heavy (non-hydrogen) atoms. The van der Waals surface area contributed by atoms with Crippen molar-refractivity contribution in [2.75, 3.05) is 13.1 Å². The highest BCUT2D eigenvalue weighted by Crippen LogP contribution is 2.18. The van der Waals surface area contributed by atoms with Crippen molar-refractivity contribution in [2.24, 2.45) is 0 Å². The Bertz CT molecular complexity index is 465. The summed E-state index contributed by atoms with van der Waals surface area (Å²) in [6.07, 6.45) is -1.11. The molecular formula is C14H18F2N2O. The van der Waals surface area contributed by atoms with E-state index in [1.807, 2.05) is 13.8 Å². The molecule has 1 amide bonds. The molecule has 0 bridgehead atoms. The number of hydrogen-bond acceptors (Lipinski definition) is 2. The number of rotatable bonds is 3. The highest BCUT2D eigenvalue weighted by molar-refractivity contribution is 5.94. The largest absolute Gasteiger partial charge is 0.334 e. The fraction of sp³-hybridized carbons (Fsp3) is 0.500. The Balaban J connectivity index is 2.08. The Kier molecular flexibility index (Phi) is 4.14. The van der Waals surface area contributed by atoms with Gasteiger partial charge in [-0.1, -0.05) is 26.0 Å². The number of halogens is 2. The van der Waals surface area contributed by atoms with Crippen LogP contribution in [0.15, 0.2) is 24.3 Å². The molecule has 1 aliphatic heterocycles. The fourth-order valence-electron chi connectivity index (χ4n) is 2.32. The number of amides is 1. The van der Waals surface area contributed by atoms with Gasteiger partial charge in [0.1, 0.15) is 12.0 Å². The maximum Gasteiger partial charge on any atom is 0.256 e. The minimum atomic E-state index is -1.11. The molecular weight excluding hydrogens is 250 g/mol. The van der Waals surface area contributed by atoms with E-state index in [1.165, 1.54) is 23.1 Å². The van der Waals surface area contributed by atoms with E-state index in [0.29, 0.717) is 0 Å². The van der Waals surface area contributed by atoms with Crippen LogP contribution in [-0.2, 0) is 0 Å². The van der Waals surface area contributed by atoms with Gasteiger partial charge in [-0.15, -0.1) is 0 Å². The summed E-state index contributed by atoms with van der Waals surface area (Å²) in [6, 6.07) is 5.55. The van der Waals surface area contributed by atoms with Gasteiger partial charge in [0.15, 0.2) is 0 Å². The van der Waals surface area contributed by atoms with E-state index in [1.54, 1.807) is 6.07 Å². The molecule has 2 rings (SSSR count). The number of alkyl halides is 1. The Morgan fingerprint density at radius 2 is 2.05 bits per heavy atom. The zero-order valence-electron chi connectivity index (χ0n) is 11.1. The molecule has 0 spiro atoms. The van der Waals surface area contributed by atoms with Crippen LogP contribution in [0.4, 0.5) is 8.78 Å². The maximum atomic E-state index is 13.8. The van der Waals surface area contributed by atoms with Crippen molar-refractivity contribution in [1.29, 1.82) is 0 Å². The van der Waals surface area contributed by atoms with Crippen LogP contribution in [0.25, 0.3) is 0 Å². The number of likely N-dealkylation sites (tertiary alicyclic amines) is 1. The molecule has 1 saturated heterocycles. The second-order valence-corrected chi connectivity index (χ2v) is 5.13. The fourth-order valence-corrected chi connectivity index (χ4v) is 2.32. The van der Waals surface area contributed by atoms with Crippen molar-refractivity contribution >= 4 is 5.91 Å². The zero-order valence-corrected chi connectivity index (χ0v) is 11.1. The first kappa shape index (κ1) is 13.9. The van der Waals surface area contributed by atoms with Gasteiger partial charge in [-0.3, -0.25) is 4.79 Å². The topological polar surface area (TPSA) is 32.3 Å². The van der Waals surface area contributed by atoms with Crippen molar-refractivity contribution in [1.82, 2.24) is 10.2 Å². The molecule has 2 atom stereocenters. The summed E-state index contributed by atoms with van der Waals surface area (Å²) < 4.78 is 27.4. The molecule has 5 heteroatoms. The standard InChI is InChI=1S/C14H18F2N2O/c1-9(2)17-13-8-18(7-12(13)16)14(19)10-5-3-4-6-11(10)15/h3-6,9,12-13,17H,7-8H2,1-2H3/t12-,13+/m0/s1. The van der Waals surface area contributed by atoms with Crippen molar-refractivity contribution < 1.29 is 13.6 Å². The Morgan fingerprint density at radius 3 is 2.68 bits per heavy atom. The summed E-state index contributed by atoms with van der Waals surface area (Å²) in [5.41, 5.74) is -0.0000954. The van der Waals surface area contributed by atoms with E-state index >= 15 is 0 Å². The normalized spacial score (nSPS) is 23.1. The monoisotopic (exact) mass is 268 g/mol. The molecule has 1 aliphatic rings. The van der Waals surface area contributed by atoms with Crippen LogP contribution in [0.1, 0.15) is 24.2 Å². The molecule has 0 unspecified atom stereocenters.